The Morgan fingerprint density at radius 2 is 1.76 bits per heavy atom. The van der Waals surface area contributed by atoms with Gasteiger partial charge in [0.1, 0.15) is 5.57 Å². The second kappa shape index (κ2) is 11.0. The average molecular weight is 520 g/mol. The number of aryl methyl sites for hydroxylation is 1. The first-order valence-corrected chi connectivity index (χ1v) is 11.5. The summed E-state index contributed by atoms with van der Waals surface area (Å²) in [5.41, 5.74) is 2.06. The van der Waals surface area contributed by atoms with Crippen molar-refractivity contribution in [2.75, 3.05) is 23.9 Å². The summed E-state index contributed by atoms with van der Waals surface area (Å²) in [6, 6.07) is 17.3. The topological polar surface area (TPSA) is 114 Å². The predicted octanol–water partition coefficient (Wildman–Crippen LogP) is 4.34. The monoisotopic (exact) mass is 519 g/mol. The highest BCUT2D eigenvalue weighted by Crippen LogP contribution is 2.30. The van der Waals surface area contributed by atoms with Crippen molar-refractivity contribution in [3.8, 4) is 11.5 Å². The van der Waals surface area contributed by atoms with Crippen LogP contribution in [-0.4, -0.2) is 37.5 Å². The normalized spacial score (nSPS) is 14.4. The van der Waals surface area contributed by atoms with E-state index in [2.05, 4.69) is 10.6 Å². The fourth-order valence-electron chi connectivity index (χ4n) is 3.58. The van der Waals surface area contributed by atoms with E-state index in [1.165, 1.54) is 37.5 Å². The maximum atomic E-state index is 13.1. The first kappa shape index (κ1) is 25.5. The Hall–Kier alpha value is -4.63. The minimum Gasteiger partial charge on any atom is -0.493 e. The summed E-state index contributed by atoms with van der Waals surface area (Å²) >= 11 is 5.89. The number of halogens is 1. The third kappa shape index (κ3) is 5.79. The summed E-state index contributed by atoms with van der Waals surface area (Å²) in [7, 11) is 1.42. The lowest BCUT2D eigenvalue weighted by Gasteiger charge is -2.26. The summed E-state index contributed by atoms with van der Waals surface area (Å²) in [6.45, 7) is 1.62. The van der Waals surface area contributed by atoms with E-state index in [0.29, 0.717) is 22.0 Å². The molecule has 3 aromatic rings. The van der Waals surface area contributed by atoms with Crippen molar-refractivity contribution in [2.45, 2.75) is 6.92 Å². The Kier molecular flexibility index (Phi) is 7.55. The molecule has 0 bridgehead atoms. The summed E-state index contributed by atoms with van der Waals surface area (Å²) in [5, 5.41) is 5.38. The molecule has 1 saturated heterocycles. The van der Waals surface area contributed by atoms with Gasteiger partial charge in [0.2, 0.25) is 0 Å². The van der Waals surface area contributed by atoms with Crippen LogP contribution in [0.25, 0.3) is 6.08 Å². The Balaban J connectivity index is 1.51. The molecule has 10 heteroatoms. The second-order valence-electron chi connectivity index (χ2n) is 8.00. The van der Waals surface area contributed by atoms with Gasteiger partial charge in [-0.1, -0.05) is 35.9 Å². The van der Waals surface area contributed by atoms with Crippen LogP contribution in [0.5, 0.6) is 11.5 Å². The van der Waals surface area contributed by atoms with Gasteiger partial charge >= 0.3 is 6.03 Å². The number of para-hydroxylation sites is 1. The highest BCUT2D eigenvalue weighted by molar-refractivity contribution is 6.39. The molecule has 9 nitrogen and oxygen atoms in total. The smallest absolute Gasteiger partial charge is 0.335 e. The number of rotatable bonds is 7. The fraction of sp³-hybridized carbons (Fsp3) is 0.111. The van der Waals surface area contributed by atoms with Gasteiger partial charge in [-0.25, -0.2) is 9.69 Å². The third-order valence-corrected chi connectivity index (χ3v) is 5.72. The van der Waals surface area contributed by atoms with Crippen LogP contribution in [-0.2, 0) is 14.4 Å². The van der Waals surface area contributed by atoms with Crippen LogP contribution in [0, 0.1) is 6.92 Å². The molecular formula is C27H22ClN3O6. The Morgan fingerprint density at radius 3 is 2.46 bits per heavy atom. The number of nitrogens with one attached hydrogen (secondary N) is 2. The van der Waals surface area contributed by atoms with E-state index >= 15 is 0 Å². The van der Waals surface area contributed by atoms with Gasteiger partial charge in [0.15, 0.2) is 18.1 Å². The summed E-state index contributed by atoms with van der Waals surface area (Å²) in [6.07, 6.45) is 1.34. The second-order valence-corrected chi connectivity index (χ2v) is 8.43. The number of hydrogen-bond donors (Lipinski definition) is 2. The zero-order valence-electron chi connectivity index (χ0n) is 19.9. The highest BCUT2D eigenvalue weighted by Gasteiger charge is 2.36. The number of urea groups is 1. The van der Waals surface area contributed by atoms with Crippen molar-refractivity contribution >= 4 is 52.8 Å². The van der Waals surface area contributed by atoms with Crippen LogP contribution in [0.2, 0.25) is 5.02 Å². The quantitative estimate of drug-likeness (QED) is 0.354. The van der Waals surface area contributed by atoms with E-state index in [1.807, 2.05) is 25.1 Å². The van der Waals surface area contributed by atoms with Gasteiger partial charge in [0, 0.05) is 10.7 Å². The van der Waals surface area contributed by atoms with Crippen LogP contribution in [0.1, 0.15) is 11.1 Å². The van der Waals surface area contributed by atoms with Crippen LogP contribution in [0.15, 0.2) is 72.3 Å². The van der Waals surface area contributed by atoms with Crippen molar-refractivity contribution in [1.29, 1.82) is 0 Å². The van der Waals surface area contributed by atoms with Crippen molar-refractivity contribution in [3.63, 3.8) is 0 Å². The van der Waals surface area contributed by atoms with Gasteiger partial charge in [0.05, 0.1) is 12.8 Å². The molecule has 37 heavy (non-hydrogen) atoms. The number of nitrogens with zero attached hydrogens (tertiary/aromatic N) is 1. The molecule has 1 aliphatic heterocycles. The van der Waals surface area contributed by atoms with Gasteiger partial charge < -0.3 is 14.8 Å². The molecule has 5 amide bonds. The zero-order valence-corrected chi connectivity index (χ0v) is 20.7. The maximum Gasteiger partial charge on any atom is 0.335 e. The molecular weight excluding hydrogens is 498 g/mol. The molecule has 0 spiro atoms. The molecule has 0 radical (unpaired) electrons. The van der Waals surface area contributed by atoms with E-state index in [1.54, 1.807) is 24.3 Å². The molecule has 0 atom stereocenters. The number of carbonyl (C=O) groups is 4. The summed E-state index contributed by atoms with van der Waals surface area (Å²) in [5.74, 6) is -1.39. The summed E-state index contributed by atoms with van der Waals surface area (Å²) < 4.78 is 11.0. The molecule has 3 aromatic carbocycles. The lowest BCUT2D eigenvalue weighted by atomic mass is 10.1. The van der Waals surface area contributed by atoms with E-state index in [4.69, 9.17) is 21.1 Å². The molecule has 4 rings (SSSR count). The molecule has 2 N–H and O–H groups in total. The van der Waals surface area contributed by atoms with Crippen molar-refractivity contribution in [2.24, 2.45) is 0 Å². The van der Waals surface area contributed by atoms with Gasteiger partial charge in [-0.05, 0) is 66.6 Å². The van der Waals surface area contributed by atoms with E-state index in [0.717, 1.165) is 10.5 Å². The minimum absolute atomic E-state index is 0.247. The molecule has 0 saturated carbocycles. The standard InChI is InChI=1S/C27H22ClN3O6/c1-16-5-3-4-6-21(16)29-24(32)15-37-22-12-7-17(14-23(22)36-2)13-20-25(33)30-27(35)31(26(20)34)19-10-8-18(28)9-11-19/h3-14H,15H2,1-2H3,(H,29,32)(H,30,33,35)/b20-13-. The van der Waals surface area contributed by atoms with Crippen LogP contribution in [0.3, 0.4) is 0 Å². The number of ether oxygens (including phenoxy) is 2. The van der Waals surface area contributed by atoms with Crippen LogP contribution < -0.4 is 25.0 Å². The average Bonchev–Trinajstić information content (AvgIpc) is 2.88. The van der Waals surface area contributed by atoms with Gasteiger partial charge in [-0.2, -0.15) is 0 Å². The van der Waals surface area contributed by atoms with E-state index in [-0.39, 0.29) is 29.5 Å². The van der Waals surface area contributed by atoms with E-state index in [9.17, 15) is 19.2 Å². The Labute approximate surface area is 217 Å². The highest BCUT2D eigenvalue weighted by atomic mass is 35.5. The SMILES string of the molecule is COc1cc(/C=C2/C(=O)NC(=O)N(c3ccc(Cl)cc3)C2=O)ccc1OCC(=O)Nc1ccccc1C. The fourth-order valence-corrected chi connectivity index (χ4v) is 3.71. The lowest BCUT2D eigenvalue weighted by Crippen LogP contribution is -2.54. The first-order chi connectivity index (χ1) is 17.8. The molecule has 0 unspecified atom stereocenters. The minimum atomic E-state index is -0.861. The number of imide groups is 2. The molecule has 0 aromatic heterocycles. The number of benzene rings is 3. The number of barbiturate groups is 1. The maximum absolute atomic E-state index is 13.1. The van der Waals surface area contributed by atoms with Gasteiger partial charge in [-0.15, -0.1) is 0 Å². The van der Waals surface area contributed by atoms with Gasteiger partial charge in [0.25, 0.3) is 17.7 Å². The number of amides is 5. The van der Waals surface area contributed by atoms with E-state index < -0.39 is 17.8 Å². The summed E-state index contributed by atoms with van der Waals surface area (Å²) in [4.78, 5) is 51.0. The molecule has 188 valence electrons. The first-order valence-electron chi connectivity index (χ1n) is 11.1. The molecule has 1 aliphatic rings. The van der Waals surface area contributed by atoms with Crippen molar-refractivity contribution < 1.29 is 28.7 Å². The number of anilines is 2. The number of carbonyl (C=O) groups excluding carboxylic acids is 4. The number of methoxy groups -OCH3 is 1. The molecule has 1 fully saturated rings. The number of hydrogen-bond acceptors (Lipinski definition) is 6. The van der Waals surface area contributed by atoms with Gasteiger partial charge in [-0.3, -0.25) is 19.7 Å². The molecule has 1 heterocycles. The lowest BCUT2D eigenvalue weighted by molar-refractivity contribution is -0.122. The van der Waals surface area contributed by atoms with Crippen LogP contribution >= 0.6 is 11.6 Å². The van der Waals surface area contributed by atoms with Crippen molar-refractivity contribution in [3.05, 3.63) is 88.5 Å². The third-order valence-electron chi connectivity index (χ3n) is 5.46. The Bertz CT molecular complexity index is 1420. The Morgan fingerprint density at radius 1 is 1.03 bits per heavy atom. The predicted molar refractivity (Wildman–Crippen MR) is 139 cm³/mol. The zero-order chi connectivity index (χ0) is 26.5. The van der Waals surface area contributed by atoms with Crippen LogP contribution in [0.4, 0.5) is 16.2 Å². The van der Waals surface area contributed by atoms with Crippen molar-refractivity contribution in [1.82, 2.24) is 5.32 Å². The largest absolute Gasteiger partial charge is 0.493 e. The molecule has 0 aliphatic carbocycles.